The van der Waals surface area contributed by atoms with E-state index in [1.165, 1.54) is 4.90 Å². The van der Waals surface area contributed by atoms with Crippen LogP contribution in [0.5, 0.6) is 5.75 Å². The Morgan fingerprint density at radius 3 is 2.38 bits per heavy atom. The zero-order valence-corrected chi connectivity index (χ0v) is 19.0. The summed E-state index contributed by atoms with van der Waals surface area (Å²) in [7, 11) is 0. The van der Waals surface area contributed by atoms with Gasteiger partial charge in [0.25, 0.3) is 0 Å². The highest BCUT2D eigenvalue weighted by molar-refractivity contribution is 5.65. The van der Waals surface area contributed by atoms with Crippen LogP contribution in [0.1, 0.15) is 26.3 Å². The Morgan fingerprint density at radius 1 is 1.25 bits per heavy atom. The Bertz CT molecular complexity index is 794. The molecule has 1 N–H and O–H groups in total. The van der Waals surface area contributed by atoms with Crippen molar-refractivity contribution >= 4 is 6.09 Å². The highest BCUT2D eigenvalue weighted by Gasteiger charge is 2.36. The number of nitrogens with zero attached hydrogens (tertiary/aromatic N) is 4. The molecular weight excluding hydrogens is 415 g/mol. The molecule has 0 aliphatic carbocycles. The minimum atomic E-state index is -1.13. The second kappa shape index (κ2) is 10.5. The van der Waals surface area contributed by atoms with Gasteiger partial charge in [0.05, 0.1) is 23.8 Å². The lowest BCUT2D eigenvalue weighted by Crippen LogP contribution is -2.61. The van der Waals surface area contributed by atoms with Gasteiger partial charge >= 0.3 is 6.09 Å². The van der Waals surface area contributed by atoms with Crippen molar-refractivity contribution in [3.05, 3.63) is 29.8 Å². The van der Waals surface area contributed by atoms with Gasteiger partial charge in [-0.1, -0.05) is 0 Å². The number of ether oxygens (including phenoxy) is 2. The minimum absolute atomic E-state index is 0.0120. The molecule has 2 heterocycles. The number of benzene rings is 1. The van der Waals surface area contributed by atoms with Crippen LogP contribution in [0.15, 0.2) is 24.3 Å². The number of morpholine rings is 2. The molecule has 0 aromatic heterocycles. The molecule has 2 aliphatic rings. The van der Waals surface area contributed by atoms with Gasteiger partial charge in [0.1, 0.15) is 18.5 Å². The third-order valence-corrected chi connectivity index (χ3v) is 5.78. The van der Waals surface area contributed by atoms with Crippen LogP contribution in [0.25, 0.3) is 0 Å². The molecule has 9 heteroatoms. The number of amides is 1. The number of halogens is 1. The van der Waals surface area contributed by atoms with Crippen molar-refractivity contribution in [3.8, 4) is 11.8 Å². The fourth-order valence-corrected chi connectivity index (χ4v) is 4.30. The number of fused-ring (bicyclic) bond motifs is 2. The third-order valence-electron chi connectivity index (χ3n) is 5.78. The normalized spacial score (nSPS) is 22.7. The molecule has 0 spiro atoms. The highest BCUT2D eigenvalue weighted by atomic mass is 19.1. The van der Waals surface area contributed by atoms with E-state index in [0.717, 1.165) is 0 Å². The quantitative estimate of drug-likeness (QED) is 0.653. The molecule has 3 rings (SSSR count). The van der Waals surface area contributed by atoms with E-state index in [9.17, 15) is 14.3 Å². The average molecular weight is 449 g/mol. The van der Waals surface area contributed by atoms with Gasteiger partial charge in [-0.3, -0.25) is 9.80 Å². The van der Waals surface area contributed by atoms with Gasteiger partial charge in [0.15, 0.2) is 0 Å². The first kappa shape index (κ1) is 24.2. The van der Waals surface area contributed by atoms with E-state index >= 15 is 0 Å². The maximum Gasteiger partial charge on any atom is 0.407 e. The van der Waals surface area contributed by atoms with Gasteiger partial charge in [0.2, 0.25) is 0 Å². The molecule has 2 aliphatic heterocycles. The van der Waals surface area contributed by atoms with Crippen molar-refractivity contribution in [2.75, 3.05) is 52.4 Å². The van der Waals surface area contributed by atoms with Gasteiger partial charge in [-0.05, 0) is 45.0 Å². The van der Waals surface area contributed by atoms with Gasteiger partial charge in [-0.25, -0.2) is 9.18 Å². The summed E-state index contributed by atoms with van der Waals surface area (Å²) in [6.45, 7) is 9.74. The molecule has 2 saturated heterocycles. The Balaban J connectivity index is 1.42. The molecule has 0 radical (unpaired) electrons. The molecule has 1 aromatic carbocycles. The van der Waals surface area contributed by atoms with Crippen LogP contribution in [-0.2, 0) is 4.74 Å². The summed E-state index contributed by atoms with van der Waals surface area (Å²) in [5.74, 6) is 0.548. The summed E-state index contributed by atoms with van der Waals surface area (Å²) in [5, 5.41) is 18.3. The predicted molar refractivity (Wildman–Crippen MR) is 118 cm³/mol. The first-order valence-corrected chi connectivity index (χ1v) is 11.0. The van der Waals surface area contributed by atoms with Crippen molar-refractivity contribution < 1.29 is 23.8 Å². The summed E-state index contributed by atoms with van der Waals surface area (Å²) in [4.78, 5) is 17.3. The number of nitriles is 1. The largest absolute Gasteiger partial charge is 0.491 e. The smallest absolute Gasteiger partial charge is 0.407 e. The third kappa shape index (κ3) is 6.79. The standard InChI is InChI=1S/C23H33FN4O4/c1-23(2,3)28(22(29)30)9-8-26-12-20-14-27(15-21(13-26)32-20)11-18(24)16-31-19-6-4-17(10-25)5-7-19/h4-7,18,20-21H,8-9,11-16H2,1-3H3,(H,29,30). The number of alkyl halides is 1. The molecule has 176 valence electrons. The maximum atomic E-state index is 14.5. The SMILES string of the molecule is CC(C)(C)N(CCN1CC2CN(CC(F)COc3ccc(C#N)cc3)CC(C1)O2)C(=O)O. The van der Waals surface area contributed by atoms with E-state index in [1.807, 2.05) is 26.8 Å². The topological polar surface area (TPSA) is 89.3 Å². The van der Waals surface area contributed by atoms with Crippen molar-refractivity contribution in [1.82, 2.24) is 14.7 Å². The fraction of sp³-hybridized carbons (Fsp3) is 0.652. The van der Waals surface area contributed by atoms with Crippen molar-refractivity contribution in [2.24, 2.45) is 0 Å². The summed E-state index contributed by atoms with van der Waals surface area (Å²) in [6, 6.07) is 8.68. The lowest BCUT2D eigenvalue weighted by molar-refractivity contribution is -0.142. The Kier molecular flexibility index (Phi) is 7.93. The Hall–Kier alpha value is -2.41. The molecule has 2 fully saturated rings. The molecule has 0 saturated carbocycles. The van der Waals surface area contributed by atoms with Crippen molar-refractivity contribution in [2.45, 2.75) is 44.7 Å². The molecule has 3 atom stereocenters. The van der Waals surface area contributed by atoms with E-state index in [-0.39, 0.29) is 25.4 Å². The first-order valence-electron chi connectivity index (χ1n) is 11.0. The Labute approximate surface area is 189 Å². The monoisotopic (exact) mass is 448 g/mol. The highest BCUT2D eigenvalue weighted by Crippen LogP contribution is 2.21. The molecule has 32 heavy (non-hydrogen) atoms. The predicted octanol–water partition coefficient (Wildman–Crippen LogP) is 2.44. The number of carbonyl (C=O) groups is 1. The summed E-state index contributed by atoms with van der Waals surface area (Å²) in [5.41, 5.74) is 0.0953. The van der Waals surface area contributed by atoms with Crippen molar-refractivity contribution in [1.29, 1.82) is 5.26 Å². The summed E-state index contributed by atoms with van der Waals surface area (Å²) < 4.78 is 26.1. The number of hydrogen-bond donors (Lipinski definition) is 1. The zero-order valence-electron chi connectivity index (χ0n) is 19.0. The molecule has 3 unspecified atom stereocenters. The molecule has 8 nitrogen and oxygen atoms in total. The van der Waals surface area contributed by atoms with Crippen LogP contribution in [0.4, 0.5) is 9.18 Å². The van der Waals surface area contributed by atoms with Gasteiger partial charge in [0, 0.05) is 51.4 Å². The second-order valence-corrected chi connectivity index (χ2v) is 9.51. The molecule has 1 aromatic rings. The van der Waals surface area contributed by atoms with Crippen LogP contribution in [0.2, 0.25) is 0 Å². The van der Waals surface area contributed by atoms with Crippen molar-refractivity contribution in [3.63, 3.8) is 0 Å². The molecular formula is C23H33FN4O4. The van der Waals surface area contributed by atoms with Crippen LogP contribution in [0, 0.1) is 11.3 Å². The van der Waals surface area contributed by atoms with Gasteiger partial charge in [-0.15, -0.1) is 0 Å². The van der Waals surface area contributed by atoms with E-state index < -0.39 is 17.8 Å². The first-order chi connectivity index (χ1) is 15.1. The van der Waals surface area contributed by atoms with E-state index in [4.69, 9.17) is 14.7 Å². The molecule has 1 amide bonds. The average Bonchev–Trinajstić information content (AvgIpc) is 2.71. The van der Waals surface area contributed by atoms with Crippen LogP contribution in [0.3, 0.4) is 0 Å². The number of hydrogen-bond acceptors (Lipinski definition) is 6. The van der Waals surface area contributed by atoms with Crippen LogP contribution in [-0.4, -0.2) is 102 Å². The lowest BCUT2D eigenvalue weighted by Gasteiger charge is -2.46. The maximum absolute atomic E-state index is 14.5. The Morgan fingerprint density at radius 2 is 1.84 bits per heavy atom. The minimum Gasteiger partial charge on any atom is -0.491 e. The summed E-state index contributed by atoms with van der Waals surface area (Å²) in [6.07, 6.45) is -2.06. The lowest BCUT2D eigenvalue weighted by atomic mass is 10.1. The van der Waals surface area contributed by atoms with E-state index in [0.29, 0.717) is 50.6 Å². The molecule has 2 bridgehead atoms. The van der Waals surface area contributed by atoms with Gasteiger partial charge < -0.3 is 19.5 Å². The van der Waals surface area contributed by atoms with Crippen LogP contribution < -0.4 is 4.74 Å². The zero-order chi connectivity index (χ0) is 23.3. The number of rotatable bonds is 8. The second-order valence-electron chi connectivity index (χ2n) is 9.51. The van der Waals surface area contributed by atoms with Gasteiger partial charge in [-0.2, -0.15) is 5.26 Å². The van der Waals surface area contributed by atoms with E-state index in [2.05, 4.69) is 9.80 Å². The van der Waals surface area contributed by atoms with E-state index in [1.54, 1.807) is 24.3 Å². The fourth-order valence-electron chi connectivity index (χ4n) is 4.30. The van der Waals surface area contributed by atoms with Crippen LogP contribution >= 0.6 is 0 Å². The number of carboxylic acid groups (broad SMARTS) is 1. The summed E-state index contributed by atoms with van der Waals surface area (Å²) >= 11 is 0.